The normalized spacial score (nSPS) is 31.9. The Kier molecular flexibility index (Phi) is 5.84. The van der Waals surface area contributed by atoms with Crippen LogP contribution in [0.4, 0.5) is 17.6 Å². The predicted octanol–water partition coefficient (Wildman–Crippen LogP) is 1.72. The maximum atomic E-state index is 13.5. The van der Waals surface area contributed by atoms with Gasteiger partial charge in [-0.3, -0.25) is 10.00 Å². The fraction of sp³-hybridized carbons (Fsp3) is 0.680. The topological polar surface area (TPSA) is 136 Å². The van der Waals surface area contributed by atoms with Crippen LogP contribution in [0.2, 0.25) is 0 Å². The fourth-order valence-corrected chi connectivity index (χ4v) is 9.07. The third-order valence-electron chi connectivity index (χ3n) is 9.05. The highest BCUT2D eigenvalue weighted by Gasteiger charge is 2.65. The molecule has 0 spiro atoms. The monoisotopic (exact) mass is 539 g/mol. The number of hydrogen-bond acceptors (Lipinski definition) is 10. The van der Waals surface area contributed by atoms with Gasteiger partial charge in [0.05, 0.1) is 32.3 Å². The minimum absolute atomic E-state index is 0.0254. The Balaban J connectivity index is 1.04. The molecule has 5 atom stereocenters. The third kappa shape index (κ3) is 3.80. The quantitative estimate of drug-likeness (QED) is 0.510. The van der Waals surface area contributed by atoms with Gasteiger partial charge in [-0.2, -0.15) is 20.3 Å². The van der Waals surface area contributed by atoms with Crippen molar-refractivity contribution < 1.29 is 13.7 Å². The Hall–Kier alpha value is -2.79. The van der Waals surface area contributed by atoms with Gasteiger partial charge in [-0.15, -0.1) is 0 Å². The highest BCUT2D eigenvalue weighted by molar-refractivity contribution is 7.84. The van der Waals surface area contributed by atoms with Gasteiger partial charge in [0.1, 0.15) is 21.7 Å². The molecule has 5 unspecified atom stereocenters. The van der Waals surface area contributed by atoms with Crippen molar-refractivity contribution in [3.8, 4) is 11.9 Å². The van der Waals surface area contributed by atoms with E-state index in [1.807, 2.05) is 10.4 Å². The van der Waals surface area contributed by atoms with E-state index in [-0.39, 0.29) is 16.8 Å². The molecule has 5 saturated heterocycles. The average Bonchev–Trinajstić information content (AvgIpc) is 3.43. The van der Waals surface area contributed by atoms with E-state index >= 15 is 0 Å². The van der Waals surface area contributed by atoms with Gasteiger partial charge >= 0.3 is 0 Å². The number of methoxy groups -OCH3 is 1. The second kappa shape index (κ2) is 9.15. The summed E-state index contributed by atoms with van der Waals surface area (Å²) in [6.45, 7) is 2.71. The molecule has 0 bridgehead atoms. The number of hydrogen-bond donors (Lipinski definition) is 2. The number of nitriles is 1. The van der Waals surface area contributed by atoms with Crippen molar-refractivity contribution in [2.45, 2.75) is 61.0 Å². The number of piperidine rings is 1. The Morgan fingerprint density at radius 1 is 1.26 bits per heavy atom. The standard InChI is InChI=1S/C25H33N9O3S/c1-32(24-28-21(8-23(29-24)36-2)27-22-7-20(30-31-22)16-13-37-14-16)18-5-17-3-4-25(9-19(6-18)34(17)25)38(35)33-11-15(10-26)12-33/h7-8,15-19H,3-6,9,11-14H2,1-2H3,(H2,27,28,29,30,31). The van der Waals surface area contributed by atoms with Crippen molar-refractivity contribution in [1.29, 1.82) is 5.26 Å². The fourth-order valence-electron chi connectivity index (χ4n) is 6.86. The van der Waals surface area contributed by atoms with Gasteiger partial charge in [0.15, 0.2) is 5.82 Å². The molecular weight excluding hydrogens is 506 g/mol. The molecule has 7 rings (SSSR count). The summed E-state index contributed by atoms with van der Waals surface area (Å²) in [7, 11) is 2.62. The van der Waals surface area contributed by atoms with E-state index in [1.165, 1.54) is 0 Å². The first kappa shape index (κ1) is 24.3. The number of rotatable bonds is 8. The van der Waals surface area contributed by atoms with E-state index in [4.69, 9.17) is 19.7 Å². The largest absolute Gasteiger partial charge is 0.481 e. The zero-order valence-corrected chi connectivity index (χ0v) is 22.5. The van der Waals surface area contributed by atoms with Crippen LogP contribution in [0.1, 0.15) is 43.7 Å². The number of aromatic amines is 1. The van der Waals surface area contributed by atoms with Gasteiger partial charge in [-0.25, -0.2) is 8.51 Å². The van der Waals surface area contributed by atoms with E-state index < -0.39 is 11.0 Å². The van der Waals surface area contributed by atoms with Crippen LogP contribution in [-0.4, -0.2) is 97.0 Å². The molecule has 2 aromatic rings. The lowest BCUT2D eigenvalue weighted by Gasteiger charge is -2.61. The first-order valence-corrected chi connectivity index (χ1v) is 14.5. The van der Waals surface area contributed by atoms with Gasteiger partial charge in [0.25, 0.3) is 0 Å². The molecule has 7 heterocycles. The van der Waals surface area contributed by atoms with Crippen molar-refractivity contribution >= 4 is 28.6 Å². The third-order valence-corrected chi connectivity index (χ3v) is 11.1. The lowest BCUT2D eigenvalue weighted by atomic mass is 9.82. The van der Waals surface area contributed by atoms with Crippen molar-refractivity contribution in [2.24, 2.45) is 5.92 Å². The van der Waals surface area contributed by atoms with Crippen LogP contribution in [0.3, 0.4) is 0 Å². The van der Waals surface area contributed by atoms with E-state index in [1.54, 1.807) is 13.2 Å². The summed E-state index contributed by atoms with van der Waals surface area (Å²) in [6.07, 6.45) is 4.95. The highest BCUT2D eigenvalue weighted by Crippen LogP contribution is 2.56. The molecule has 2 N–H and O–H groups in total. The van der Waals surface area contributed by atoms with Crippen LogP contribution < -0.4 is 15.0 Å². The number of H-pyrrole nitrogens is 1. The highest BCUT2D eigenvalue weighted by atomic mass is 32.2. The van der Waals surface area contributed by atoms with Gasteiger partial charge in [-0.1, -0.05) is 0 Å². The van der Waals surface area contributed by atoms with Crippen LogP contribution >= 0.6 is 0 Å². The van der Waals surface area contributed by atoms with Crippen LogP contribution in [-0.2, 0) is 15.7 Å². The van der Waals surface area contributed by atoms with Crippen molar-refractivity contribution in [3.05, 3.63) is 17.8 Å². The van der Waals surface area contributed by atoms with E-state index in [9.17, 15) is 4.21 Å². The Morgan fingerprint density at radius 2 is 2.08 bits per heavy atom. The van der Waals surface area contributed by atoms with E-state index in [0.717, 1.165) is 51.0 Å². The zero-order chi connectivity index (χ0) is 26.0. The maximum Gasteiger partial charge on any atom is 0.230 e. The number of ether oxygens (including phenoxy) is 2. The van der Waals surface area contributed by atoms with E-state index in [0.29, 0.717) is 54.6 Å². The van der Waals surface area contributed by atoms with Gasteiger partial charge in [0.2, 0.25) is 11.8 Å². The van der Waals surface area contributed by atoms with E-state index in [2.05, 4.69) is 43.4 Å². The molecule has 0 amide bonds. The minimum Gasteiger partial charge on any atom is -0.481 e. The molecule has 0 saturated carbocycles. The molecule has 202 valence electrons. The van der Waals surface area contributed by atoms with Crippen molar-refractivity contribution in [1.82, 2.24) is 29.4 Å². The maximum absolute atomic E-state index is 13.5. The first-order chi connectivity index (χ1) is 18.5. The summed E-state index contributed by atoms with van der Waals surface area (Å²) in [4.78, 5) is 14.0. The lowest BCUT2D eigenvalue weighted by Crippen LogP contribution is -2.73. The molecule has 5 aliphatic heterocycles. The van der Waals surface area contributed by atoms with Crippen LogP contribution in [0.15, 0.2) is 12.1 Å². The van der Waals surface area contributed by atoms with Crippen molar-refractivity contribution in [3.63, 3.8) is 0 Å². The molecule has 2 aromatic heterocycles. The predicted molar refractivity (Wildman–Crippen MR) is 140 cm³/mol. The number of anilines is 3. The molecule has 13 heteroatoms. The Bertz CT molecular complexity index is 1290. The second-order valence-electron chi connectivity index (χ2n) is 11.2. The first-order valence-electron chi connectivity index (χ1n) is 13.4. The molecule has 38 heavy (non-hydrogen) atoms. The molecule has 5 aliphatic rings. The molecule has 0 aliphatic carbocycles. The van der Waals surface area contributed by atoms with Gasteiger partial charge < -0.3 is 19.7 Å². The number of nitrogens with zero attached hydrogens (tertiary/aromatic N) is 7. The summed E-state index contributed by atoms with van der Waals surface area (Å²) in [6, 6.07) is 7.18. The number of nitrogens with one attached hydrogen (secondary N) is 2. The Labute approximate surface area is 224 Å². The van der Waals surface area contributed by atoms with Gasteiger partial charge in [-0.05, 0) is 32.1 Å². The smallest absolute Gasteiger partial charge is 0.230 e. The Morgan fingerprint density at radius 3 is 2.82 bits per heavy atom. The minimum atomic E-state index is -1.05. The van der Waals surface area contributed by atoms with Crippen molar-refractivity contribution in [2.75, 3.05) is 50.7 Å². The summed E-state index contributed by atoms with van der Waals surface area (Å²) < 4.78 is 26.3. The second-order valence-corrected chi connectivity index (χ2v) is 13.0. The molecule has 0 radical (unpaired) electrons. The molecule has 5 fully saturated rings. The SMILES string of the molecule is COc1cc(Nc2cc(C3COC3)[nH]n2)nc(N(C)C2CC3CCC4(S(=O)N5CC(C#N)C5)CC(C2)N34)n1. The zero-order valence-electron chi connectivity index (χ0n) is 21.7. The van der Waals surface area contributed by atoms with Gasteiger partial charge in [0, 0.05) is 62.0 Å². The summed E-state index contributed by atoms with van der Waals surface area (Å²) in [5, 5.41) is 19.9. The van der Waals surface area contributed by atoms with Crippen LogP contribution in [0.25, 0.3) is 0 Å². The van der Waals surface area contributed by atoms with Crippen LogP contribution in [0, 0.1) is 17.2 Å². The lowest BCUT2D eigenvalue weighted by molar-refractivity contribution is -0.0469. The summed E-state index contributed by atoms with van der Waals surface area (Å²) in [5.41, 5.74) is 1.05. The summed E-state index contributed by atoms with van der Waals surface area (Å²) in [5.74, 6) is 2.82. The van der Waals surface area contributed by atoms with Crippen LogP contribution in [0.5, 0.6) is 5.88 Å². The average molecular weight is 540 g/mol. The molecule has 0 aromatic carbocycles. The molecular formula is C25H33N9O3S. The summed E-state index contributed by atoms with van der Waals surface area (Å²) >= 11 is 0. The molecule has 12 nitrogen and oxygen atoms in total. The number of aromatic nitrogens is 4.